The molecule has 1 amide bonds. The van der Waals surface area contributed by atoms with Gasteiger partial charge in [-0.25, -0.2) is 4.68 Å². The molecule has 0 bridgehead atoms. The predicted molar refractivity (Wildman–Crippen MR) is 113 cm³/mol. The molecule has 3 aromatic rings. The maximum Gasteiger partial charge on any atom is 0.303 e. The van der Waals surface area contributed by atoms with Crippen LogP contribution in [0, 0.1) is 0 Å². The SMILES string of the molecule is O=C(O)CCC(=O)Nc1nc2n(n1)[C@H](c1ccccc1)C=C(c1ccc(Cl)cc1)N2. The largest absolute Gasteiger partial charge is 0.481 e. The van der Waals surface area contributed by atoms with Crippen molar-refractivity contribution in [2.24, 2.45) is 0 Å². The predicted octanol–water partition coefficient (Wildman–Crippen LogP) is 3.79. The number of carboxylic acids is 1. The van der Waals surface area contributed by atoms with Gasteiger partial charge in [0, 0.05) is 17.1 Å². The molecule has 4 rings (SSSR count). The number of carboxylic acid groups (broad SMARTS) is 1. The van der Waals surface area contributed by atoms with Crippen molar-refractivity contribution in [3.05, 3.63) is 76.8 Å². The van der Waals surface area contributed by atoms with E-state index in [1.807, 2.05) is 60.7 Å². The van der Waals surface area contributed by atoms with E-state index in [9.17, 15) is 9.59 Å². The highest BCUT2D eigenvalue weighted by atomic mass is 35.5. The number of nitrogens with one attached hydrogen (secondary N) is 2. The number of fused-ring (bicyclic) bond motifs is 1. The second-order valence-electron chi connectivity index (χ2n) is 6.71. The number of allylic oxidation sites excluding steroid dienone is 1. The summed E-state index contributed by atoms with van der Waals surface area (Å²) < 4.78 is 1.68. The number of hydrogen-bond acceptors (Lipinski definition) is 5. The number of carbonyl (C=O) groups is 2. The molecule has 1 aliphatic heterocycles. The molecule has 0 unspecified atom stereocenters. The molecule has 1 aromatic heterocycles. The van der Waals surface area contributed by atoms with Crippen molar-refractivity contribution in [2.45, 2.75) is 18.9 Å². The lowest BCUT2D eigenvalue weighted by atomic mass is 10.0. The molecule has 1 aliphatic rings. The zero-order chi connectivity index (χ0) is 21.1. The van der Waals surface area contributed by atoms with Crippen LogP contribution in [-0.4, -0.2) is 31.7 Å². The van der Waals surface area contributed by atoms with Crippen LogP contribution in [0.1, 0.15) is 30.0 Å². The van der Waals surface area contributed by atoms with Crippen molar-refractivity contribution in [1.82, 2.24) is 14.8 Å². The molecule has 0 saturated carbocycles. The summed E-state index contributed by atoms with van der Waals surface area (Å²) in [7, 11) is 0. The molecule has 0 fully saturated rings. The molecular formula is C21H18ClN5O3. The molecule has 0 spiro atoms. The van der Waals surface area contributed by atoms with Crippen LogP contribution in [0.25, 0.3) is 5.70 Å². The molecule has 0 radical (unpaired) electrons. The second kappa shape index (κ2) is 8.38. The Balaban J connectivity index is 1.66. The van der Waals surface area contributed by atoms with Gasteiger partial charge in [0.25, 0.3) is 5.95 Å². The third-order valence-electron chi connectivity index (χ3n) is 4.58. The fraction of sp³-hybridized carbons (Fsp3) is 0.143. The first-order valence-corrected chi connectivity index (χ1v) is 9.65. The van der Waals surface area contributed by atoms with Crippen molar-refractivity contribution in [1.29, 1.82) is 0 Å². The number of benzene rings is 2. The highest BCUT2D eigenvalue weighted by Crippen LogP contribution is 2.33. The fourth-order valence-electron chi connectivity index (χ4n) is 3.14. The zero-order valence-corrected chi connectivity index (χ0v) is 16.5. The van der Waals surface area contributed by atoms with E-state index in [0.717, 1.165) is 16.8 Å². The molecule has 8 nitrogen and oxygen atoms in total. The quantitative estimate of drug-likeness (QED) is 0.556. The lowest BCUT2D eigenvalue weighted by Gasteiger charge is -2.24. The Bertz CT molecular complexity index is 1110. The van der Waals surface area contributed by atoms with Gasteiger partial charge in [-0.2, -0.15) is 4.98 Å². The summed E-state index contributed by atoms with van der Waals surface area (Å²) in [5.74, 6) is -0.920. The van der Waals surface area contributed by atoms with Gasteiger partial charge in [-0.1, -0.05) is 54.1 Å². The number of nitrogens with zero attached hydrogens (tertiary/aromatic N) is 3. The van der Waals surface area contributed by atoms with Gasteiger partial charge in [0.2, 0.25) is 11.9 Å². The van der Waals surface area contributed by atoms with E-state index < -0.39 is 11.9 Å². The number of amides is 1. The van der Waals surface area contributed by atoms with Crippen molar-refractivity contribution < 1.29 is 14.7 Å². The van der Waals surface area contributed by atoms with Crippen LogP contribution in [0.3, 0.4) is 0 Å². The van der Waals surface area contributed by atoms with Gasteiger partial charge in [-0.3, -0.25) is 14.9 Å². The lowest BCUT2D eigenvalue weighted by molar-refractivity contribution is -0.138. The molecule has 152 valence electrons. The summed E-state index contributed by atoms with van der Waals surface area (Å²) in [5, 5.41) is 19.6. The summed E-state index contributed by atoms with van der Waals surface area (Å²) in [6.45, 7) is 0. The van der Waals surface area contributed by atoms with E-state index in [2.05, 4.69) is 20.7 Å². The first-order valence-electron chi connectivity index (χ1n) is 9.27. The summed E-state index contributed by atoms with van der Waals surface area (Å²) in [6.07, 6.45) is 1.62. The molecule has 9 heteroatoms. The number of hydrogen-bond donors (Lipinski definition) is 3. The summed E-state index contributed by atoms with van der Waals surface area (Å²) in [4.78, 5) is 27.0. The highest BCUT2D eigenvalue weighted by Gasteiger charge is 2.25. The van der Waals surface area contributed by atoms with Crippen molar-refractivity contribution in [2.75, 3.05) is 10.6 Å². The number of aliphatic carboxylic acids is 1. The normalized spacial score (nSPS) is 15.0. The van der Waals surface area contributed by atoms with Gasteiger partial charge in [0.05, 0.1) is 6.42 Å². The van der Waals surface area contributed by atoms with Gasteiger partial charge in [-0.05, 0) is 29.3 Å². The summed E-state index contributed by atoms with van der Waals surface area (Å²) in [6, 6.07) is 17.0. The van der Waals surface area contributed by atoms with E-state index in [1.165, 1.54) is 0 Å². The minimum Gasteiger partial charge on any atom is -0.481 e. The third kappa shape index (κ3) is 4.33. The average molecular weight is 424 g/mol. The van der Waals surface area contributed by atoms with Gasteiger partial charge >= 0.3 is 5.97 Å². The fourth-order valence-corrected chi connectivity index (χ4v) is 3.27. The van der Waals surface area contributed by atoms with E-state index in [0.29, 0.717) is 11.0 Å². The van der Waals surface area contributed by atoms with E-state index in [4.69, 9.17) is 16.7 Å². The van der Waals surface area contributed by atoms with E-state index in [-0.39, 0.29) is 24.8 Å². The van der Waals surface area contributed by atoms with Crippen molar-refractivity contribution in [3.63, 3.8) is 0 Å². The molecule has 0 saturated heterocycles. The lowest BCUT2D eigenvalue weighted by Crippen LogP contribution is -2.20. The topological polar surface area (TPSA) is 109 Å². The molecule has 2 aromatic carbocycles. The molecule has 30 heavy (non-hydrogen) atoms. The minimum atomic E-state index is -1.04. The Labute approximate surface area is 177 Å². The van der Waals surface area contributed by atoms with Crippen LogP contribution in [0.5, 0.6) is 0 Å². The van der Waals surface area contributed by atoms with Crippen LogP contribution in [0.15, 0.2) is 60.7 Å². The Morgan fingerprint density at radius 1 is 1.10 bits per heavy atom. The van der Waals surface area contributed by atoms with Crippen molar-refractivity contribution in [3.8, 4) is 0 Å². The zero-order valence-electron chi connectivity index (χ0n) is 15.7. The smallest absolute Gasteiger partial charge is 0.303 e. The number of rotatable bonds is 6. The average Bonchev–Trinajstić information content (AvgIpc) is 3.15. The monoisotopic (exact) mass is 423 g/mol. The minimum absolute atomic E-state index is 0.111. The maximum atomic E-state index is 12.0. The van der Waals surface area contributed by atoms with Gasteiger partial charge in [0.15, 0.2) is 0 Å². The number of carbonyl (C=O) groups excluding carboxylic acids is 1. The highest BCUT2D eigenvalue weighted by molar-refractivity contribution is 6.30. The summed E-state index contributed by atoms with van der Waals surface area (Å²) in [5.41, 5.74) is 2.77. The van der Waals surface area contributed by atoms with Gasteiger partial charge in [-0.15, -0.1) is 5.10 Å². The molecule has 3 N–H and O–H groups in total. The number of aromatic nitrogens is 3. The van der Waals surface area contributed by atoms with Crippen molar-refractivity contribution >= 4 is 41.1 Å². The third-order valence-corrected chi connectivity index (χ3v) is 4.83. The van der Waals surface area contributed by atoms with Gasteiger partial charge in [0.1, 0.15) is 6.04 Å². The Morgan fingerprint density at radius 2 is 1.83 bits per heavy atom. The van der Waals surface area contributed by atoms with Crippen LogP contribution >= 0.6 is 11.6 Å². The number of halogens is 1. The number of anilines is 2. The van der Waals surface area contributed by atoms with Crippen LogP contribution in [-0.2, 0) is 9.59 Å². The standard InChI is InChI=1S/C21H18ClN5O3/c22-15-8-6-13(7-9-15)16-12-17(14-4-2-1-3-5-14)27-21(23-16)25-20(26-27)24-18(28)10-11-19(29)30/h1-9,12,17H,10-11H2,(H,29,30)(H2,23,24,25,26,28)/t17-/m0/s1. The molecule has 2 heterocycles. The van der Waals surface area contributed by atoms with Crippen LogP contribution in [0.4, 0.5) is 11.9 Å². The molecule has 1 atom stereocenters. The first kappa shape index (κ1) is 19.7. The Morgan fingerprint density at radius 3 is 2.53 bits per heavy atom. The molecule has 0 aliphatic carbocycles. The second-order valence-corrected chi connectivity index (χ2v) is 7.15. The van der Waals surface area contributed by atoms with Gasteiger partial charge < -0.3 is 10.4 Å². The Hall–Kier alpha value is -3.65. The van der Waals surface area contributed by atoms with E-state index in [1.54, 1.807) is 4.68 Å². The molecular weight excluding hydrogens is 406 g/mol. The maximum absolute atomic E-state index is 12.0. The summed E-state index contributed by atoms with van der Waals surface area (Å²) >= 11 is 6.01. The van der Waals surface area contributed by atoms with Crippen LogP contribution in [0.2, 0.25) is 5.02 Å². The van der Waals surface area contributed by atoms with E-state index >= 15 is 0 Å². The van der Waals surface area contributed by atoms with Crippen LogP contribution < -0.4 is 10.6 Å². The first-order chi connectivity index (χ1) is 14.5. The Kier molecular flexibility index (Phi) is 5.49.